The summed E-state index contributed by atoms with van der Waals surface area (Å²) in [6.07, 6.45) is 3.75. The van der Waals surface area contributed by atoms with Crippen molar-refractivity contribution in [3.63, 3.8) is 0 Å². The van der Waals surface area contributed by atoms with E-state index in [-0.39, 0.29) is 5.56 Å². The molecule has 0 radical (unpaired) electrons. The van der Waals surface area contributed by atoms with Crippen molar-refractivity contribution in [1.82, 2.24) is 14.3 Å². The number of benzene rings is 1. The number of fused-ring (bicyclic) bond motifs is 1. The summed E-state index contributed by atoms with van der Waals surface area (Å²) in [5.41, 5.74) is 3.14. The molecule has 4 rings (SSSR count). The molecule has 1 atom stereocenters. The van der Waals surface area contributed by atoms with Crippen LogP contribution in [0.3, 0.4) is 0 Å². The van der Waals surface area contributed by atoms with Gasteiger partial charge in [0.05, 0.1) is 41.8 Å². The first kappa shape index (κ1) is 21.8. The van der Waals surface area contributed by atoms with E-state index in [1.807, 2.05) is 42.9 Å². The Morgan fingerprint density at radius 1 is 1.22 bits per heavy atom. The summed E-state index contributed by atoms with van der Waals surface area (Å²) >= 11 is 1.29. The van der Waals surface area contributed by atoms with Crippen molar-refractivity contribution in [2.75, 3.05) is 14.2 Å². The number of carbonyl (C=O) groups is 1. The molecule has 1 aromatic carbocycles. The Labute approximate surface area is 188 Å². The summed E-state index contributed by atoms with van der Waals surface area (Å²) < 4.78 is 14.2. The second kappa shape index (κ2) is 8.58. The lowest BCUT2D eigenvalue weighted by Crippen LogP contribution is -2.39. The molecule has 0 bridgehead atoms. The molecule has 0 saturated carbocycles. The molecule has 0 aliphatic carbocycles. The number of rotatable bonds is 5. The van der Waals surface area contributed by atoms with E-state index >= 15 is 0 Å². The van der Waals surface area contributed by atoms with E-state index in [0.29, 0.717) is 26.4 Å². The van der Waals surface area contributed by atoms with E-state index in [9.17, 15) is 9.59 Å². The predicted octanol–water partition coefficient (Wildman–Crippen LogP) is 1.94. The molecule has 8 nitrogen and oxygen atoms in total. The summed E-state index contributed by atoms with van der Waals surface area (Å²) in [6, 6.07) is 6.65. The Morgan fingerprint density at radius 2 is 1.94 bits per heavy atom. The molecule has 0 fully saturated rings. The Hall–Kier alpha value is -3.46. The van der Waals surface area contributed by atoms with Crippen LogP contribution in [0.2, 0.25) is 0 Å². The molecular weight excluding hydrogens is 428 g/mol. The summed E-state index contributed by atoms with van der Waals surface area (Å²) in [7, 11) is 2.91. The van der Waals surface area contributed by atoms with Crippen molar-refractivity contribution in [1.29, 1.82) is 0 Å². The van der Waals surface area contributed by atoms with Crippen LogP contribution in [-0.2, 0) is 16.1 Å². The highest BCUT2D eigenvalue weighted by Gasteiger charge is 2.33. The van der Waals surface area contributed by atoms with Gasteiger partial charge in [-0.1, -0.05) is 23.5 Å². The Kier molecular flexibility index (Phi) is 5.84. The Morgan fingerprint density at radius 3 is 2.53 bits per heavy atom. The number of thiazole rings is 1. The van der Waals surface area contributed by atoms with Crippen LogP contribution in [-0.4, -0.2) is 34.5 Å². The zero-order valence-electron chi connectivity index (χ0n) is 18.6. The molecule has 0 spiro atoms. The fraction of sp³-hybridized carbons (Fsp3) is 0.304. The summed E-state index contributed by atoms with van der Waals surface area (Å²) in [5, 5.41) is 4.45. The molecule has 2 aromatic heterocycles. The Bertz CT molecular complexity index is 1390. The van der Waals surface area contributed by atoms with Crippen LogP contribution < -0.4 is 19.6 Å². The van der Waals surface area contributed by atoms with Gasteiger partial charge in [-0.05, 0) is 44.5 Å². The number of nitrogens with zero attached hydrogens (tertiary/aromatic N) is 4. The van der Waals surface area contributed by atoms with Gasteiger partial charge in [-0.25, -0.2) is 9.79 Å². The smallest absolute Gasteiger partial charge is 0.338 e. The van der Waals surface area contributed by atoms with Gasteiger partial charge in [-0.15, -0.1) is 0 Å². The lowest BCUT2D eigenvalue weighted by atomic mass is 9.96. The minimum atomic E-state index is -0.647. The Balaban J connectivity index is 1.95. The van der Waals surface area contributed by atoms with Gasteiger partial charge in [-0.3, -0.25) is 14.0 Å². The van der Waals surface area contributed by atoms with Gasteiger partial charge in [0.2, 0.25) is 0 Å². The lowest BCUT2D eigenvalue weighted by Gasteiger charge is -2.24. The van der Waals surface area contributed by atoms with Crippen molar-refractivity contribution >= 4 is 23.4 Å². The third kappa shape index (κ3) is 3.69. The minimum absolute atomic E-state index is 0.216. The van der Waals surface area contributed by atoms with E-state index in [1.165, 1.54) is 18.4 Å². The minimum Gasteiger partial charge on any atom is -0.497 e. The zero-order valence-corrected chi connectivity index (χ0v) is 19.4. The van der Waals surface area contributed by atoms with Gasteiger partial charge in [0.1, 0.15) is 5.75 Å². The lowest BCUT2D eigenvalue weighted by molar-refractivity contribution is -0.136. The number of allylic oxidation sites excluding steroid dienone is 1. The van der Waals surface area contributed by atoms with Crippen LogP contribution >= 0.6 is 11.3 Å². The third-order valence-corrected chi connectivity index (χ3v) is 6.44. The summed E-state index contributed by atoms with van der Waals surface area (Å²) in [5.74, 6) is 0.173. The molecule has 1 aliphatic rings. The molecular formula is C23H24N4O4S. The van der Waals surface area contributed by atoms with E-state index in [4.69, 9.17) is 9.47 Å². The highest BCUT2D eigenvalue weighted by Crippen LogP contribution is 2.31. The van der Waals surface area contributed by atoms with Gasteiger partial charge in [0, 0.05) is 18.3 Å². The van der Waals surface area contributed by atoms with Crippen molar-refractivity contribution in [3.05, 3.63) is 78.2 Å². The number of esters is 1. The highest BCUT2D eigenvalue weighted by atomic mass is 32.1. The monoisotopic (exact) mass is 452 g/mol. The summed E-state index contributed by atoms with van der Waals surface area (Å²) in [6.45, 7) is 6.43. The maximum atomic E-state index is 13.5. The topological polar surface area (TPSA) is 87.7 Å². The van der Waals surface area contributed by atoms with Crippen LogP contribution in [0.25, 0.3) is 6.08 Å². The van der Waals surface area contributed by atoms with Crippen molar-refractivity contribution in [2.24, 2.45) is 4.99 Å². The number of aromatic nitrogens is 3. The van der Waals surface area contributed by atoms with Gasteiger partial charge in [-0.2, -0.15) is 5.10 Å². The van der Waals surface area contributed by atoms with Crippen molar-refractivity contribution in [3.8, 4) is 5.75 Å². The standard InChI is InChI=1S/C23H24N4O4S/c1-6-26-12-16(13(2)25-26)11-18-21(28)27-20(15-7-9-17(30-4)10-8-15)19(22(29)31-5)14(3)24-23(27)32-18/h7-12,20H,6H2,1-5H3/t20-/m1/s1. The molecule has 166 valence electrons. The maximum absolute atomic E-state index is 13.5. The molecule has 0 amide bonds. The van der Waals surface area contributed by atoms with Crippen LogP contribution in [0.1, 0.15) is 36.7 Å². The molecule has 3 aromatic rings. The molecule has 0 saturated heterocycles. The van der Waals surface area contributed by atoms with Crippen LogP contribution in [0.15, 0.2) is 51.5 Å². The average Bonchev–Trinajstić information content (AvgIpc) is 3.31. The van der Waals surface area contributed by atoms with Gasteiger partial charge in [0.15, 0.2) is 4.80 Å². The van der Waals surface area contributed by atoms with Gasteiger partial charge < -0.3 is 9.47 Å². The van der Waals surface area contributed by atoms with Gasteiger partial charge >= 0.3 is 5.97 Å². The first-order valence-electron chi connectivity index (χ1n) is 10.2. The number of hydrogen-bond acceptors (Lipinski definition) is 7. The third-order valence-electron chi connectivity index (χ3n) is 5.45. The van der Waals surface area contributed by atoms with Crippen LogP contribution in [0.4, 0.5) is 0 Å². The number of carbonyl (C=O) groups excluding carboxylic acids is 1. The number of hydrogen-bond donors (Lipinski definition) is 0. The maximum Gasteiger partial charge on any atom is 0.338 e. The molecule has 0 unspecified atom stereocenters. The van der Waals surface area contributed by atoms with Gasteiger partial charge in [0.25, 0.3) is 5.56 Å². The van der Waals surface area contributed by atoms with E-state index < -0.39 is 12.0 Å². The second-order valence-electron chi connectivity index (χ2n) is 7.37. The normalized spacial score (nSPS) is 16.0. The van der Waals surface area contributed by atoms with Crippen LogP contribution in [0.5, 0.6) is 5.75 Å². The zero-order chi connectivity index (χ0) is 23.0. The molecule has 0 N–H and O–H groups in total. The van der Waals surface area contributed by atoms with E-state index in [2.05, 4.69) is 10.1 Å². The number of ether oxygens (including phenoxy) is 2. The number of methoxy groups -OCH3 is 2. The molecule has 9 heteroatoms. The molecule has 1 aliphatic heterocycles. The van der Waals surface area contributed by atoms with E-state index in [1.54, 1.807) is 30.7 Å². The first-order valence-corrected chi connectivity index (χ1v) is 11.0. The largest absolute Gasteiger partial charge is 0.497 e. The fourth-order valence-corrected chi connectivity index (χ4v) is 4.81. The van der Waals surface area contributed by atoms with Crippen LogP contribution in [0, 0.1) is 6.92 Å². The highest BCUT2D eigenvalue weighted by molar-refractivity contribution is 7.07. The SMILES string of the molecule is CCn1cc(C=c2sc3n(c2=O)[C@H](c2ccc(OC)cc2)C(C(=O)OC)=C(C)N=3)c(C)n1. The first-order chi connectivity index (χ1) is 15.4. The quantitative estimate of drug-likeness (QED) is 0.552. The predicted molar refractivity (Wildman–Crippen MR) is 121 cm³/mol. The number of aryl methyl sites for hydroxylation is 2. The fourth-order valence-electron chi connectivity index (χ4n) is 3.77. The molecule has 32 heavy (non-hydrogen) atoms. The van der Waals surface area contributed by atoms with E-state index in [0.717, 1.165) is 23.4 Å². The second-order valence-corrected chi connectivity index (χ2v) is 8.38. The van der Waals surface area contributed by atoms with Crippen molar-refractivity contribution < 1.29 is 14.3 Å². The summed E-state index contributed by atoms with van der Waals surface area (Å²) in [4.78, 5) is 31.3. The van der Waals surface area contributed by atoms with Crippen molar-refractivity contribution in [2.45, 2.75) is 33.4 Å². The molecule has 3 heterocycles. The average molecular weight is 453 g/mol.